The molecule has 0 saturated carbocycles. The quantitative estimate of drug-likeness (QED) is 0.720. The Morgan fingerprint density at radius 2 is 2.00 bits per heavy atom. The number of amides is 1. The van der Waals surface area contributed by atoms with Crippen molar-refractivity contribution in [2.45, 2.75) is 47.3 Å². The van der Waals surface area contributed by atoms with Crippen molar-refractivity contribution in [3.05, 3.63) is 22.2 Å². The van der Waals surface area contributed by atoms with Crippen LogP contribution in [0.1, 0.15) is 33.9 Å². The first kappa shape index (κ1) is 15.2. The van der Waals surface area contributed by atoms with E-state index in [9.17, 15) is 9.59 Å². The molecule has 1 aliphatic heterocycles. The molecule has 19 heavy (non-hydrogen) atoms. The van der Waals surface area contributed by atoms with Crippen molar-refractivity contribution in [1.82, 2.24) is 9.55 Å². The van der Waals surface area contributed by atoms with Gasteiger partial charge in [-0.3, -0.25) is 9.47 Å². The summed E-state index contributed by atoms with van der Waals surface area (Å²) in [7, 11) is 0. The molecule has 0 bridgehead atoms. The van der Waals surface area contributed by atoms with Crippen molar-refractivity contribution >= 4 is 11.9 Å². The molecule has 0 unspecified atom stereocenters. The third kappa shape index (κ3) is 3.13. The third-order valence-electron chi connectivity index (χ3n) is 2.56. The number of hydrogen-bond donors (Lipinski definition) is 0. The molecule has 2 heterocycles. The van der Waals surface area contributed by atoms with Crippen LogP contribution >= 0.6 is 0 Å². The molecule has 1 amide bonds. The van der Waals surface area contributed by atoms with E-state index in [-0.39, 0.29) is 13.1 Å². The number of aryl methyl sites for hydroxylation is 1. The van der Waals surface area contributed by atoms with E-state index in [4.69, 9.17) is 4.74 Å². The second kappa shape index (κ2) is 5.03. The number of anilines is 1. The van der Waals surface area contributed by atoms with Gasteiger partial charge in [-0.2, -0.15) is 4.98 Å². The molecule has 1 aromatic heterocycles. The molecule has 0 radical (unpaired) electrons. The zero-order valence-electron chi connectivity index (χ0n) is 11.1. The Hall–Kier alpha value is -1.85. The van der Waals surface area contributed by atoms with Gasteiger partial charge in [-0.05, 0) is 27.7 Å². The monoisotopic (exact) mass is 267 g/mol. The summed E-state index contributed by atoms with van der Waals surface area (Å²) in [5.41, 5.74) is -0.273. The van der Waals surface area contributed by atoms with E-state index in [1.807, 2.05) is 20.8 Å². The van der Waals surface area contributed by atoms with Crippen LogP contribution in [0.4, 0.5) is 10.6 Å². The second-order valence-electron chi connectivity index (χ2n) is 5.32. The van der Waals surface area contributed by atoms with Crippen LogP contribution in [0.25, 0.3) is 0 Å². The van der Waals surface area contributed by atoms with Gasteiger partial charge in [0.2, 0.25) is 0 Å². The summed E-state index contributed by atoms with van der Waals surface area (Å²) >= 11 is 0. The number of rotatable bonds is 0. The van der Waals surface area contributed by atoms with Gasteiger partial charge in [0, 0.05) is 24.8 Å². The predicted octanol–water partition coefficient (Wildman–Crippen LogP) is 1.94. The molecule has 0 saturated heterocycles. The van der Waals surface area contributed by atoms with Gasteiger partial charge in [0.05, 0.1) is 0 Å². The Kier molecular flexibility index (Phi) is 4.03. The summed E-state index contributed by atoms with van der Waals surface area (Å²) in [5, 5.41) is 0. The molecule has 6 nitrogen and oxygen atoms in total. The third-order valence-corrected chi connectivity index (χ3v) is 2.56. The van der Waals surface area contributed by atoms with Gasteiger partial charge in [-0.1, -0.05) is 7.43 Å². The Bertz CT molecular complexity index is 543. The van der Waals surface area contributed by atoms with Crippen LogP contribution in [0.3, 0.4) is 0 Å². The smallest absolute Gasteiger partial charge is 0.416 e. The average Bonchev–Trinajstić information content (AvgIpc) is 2.58. The number of nitrogens with zero attached hydrogens (tertiary/aromatic N) is 3. The summed E-state index contributed by atoms with van der Waals surface area (Å²) < 4.78 is 6.79. The number of fused-ring (bicyclic) bond motifs is 1. The number of carbonyl (C=O) groups is 1. The van der Waals surface area contributed by atoms with Gasteiger partial charge in [0.15, 0.2) is 0 Å². The number of ether oxygens (including phenoxy) is 1. The minimum absolute atomic E-state index is 0. The largest absolute Gasteiger partial charge is 0.443 e. The molecule has 6 heteroatoms. The number of aromatic nitrogens is 2. The molecule has 1 aromatic rings. The topological polar surface area (TPSA) is 64.4 Å². The highest BCUT2D eigenvalue weighted by molar-refractivity contribution is 5.87. The Labute approximate surface area is 113 Å². The Morgan fingerprint density at radius 1 is 1.37 bits per heavy atom. The maximum atomic E-state index is 12.0. The number of carbonyl (C=O) groups excluding carboxylic acids is 1. The summed E-state index contributed by atoms with van der Waals surface area (Å²) in [6, 6.07) is 1.72. The van der Waals surface area contributed by atoms with Crippen LogP contribution in [-0.4, -0.2) is 27.8 Å². The van der Waals surface area contributed by atoms with E-state index in [1.54, 1.807) is 13.0 Å². The van der Waals surface area contributed by atoms with Crippen LogP contribution < -0.4 is 10.6 Å². The zero-order chi connectivity index (χ0) is 13.5. The Morgan fingerprint density at radius 3 is 2.58 bits per heavy atom. The van der Waals surface area contributed by atoms with E-state index in [0.29, 0.717) is 24.6 Å². The van der Waals surface area contributed by atoms with Crippen molar-refractivity contribution < 1.29 is 9.53 Å². The molecule has 0 fully saturated rings. The summed E-state index contributed by atoms with van der Waals surface area (Å²) in [6.07, 6.45) is -0.432. The van der Waals surface area contributed by atoms with Crippen molar-refractivity contribution in [3.63, 3.8) is 0 Å². The summed E-state index contributed by atoms with van der Waals surface area (Å²) in [6.45, 7) is 8.06. The fourth-order valence-corrected chi connectivity index (χ4v) is 1.86. The minimum Gasteiger partial charge on any atom is -0.443 e. The first-order valence-corrected chi connectivity index (χ1v) is 5.87. The predicted molar refractivity (Wildman–Crippen MR) is 73.5 cm³/mol. The number of hydrogen-bond acceptors (Lipinski definition) is 4. The maximum Gasteiger partial charge on any atom is 0.416 e. The van der Waals surface area contributed by atoms with E-state index in [2.05, 4.69) is 4.98 Å². The highest BCUT2D eigenvalue weighted by atomic mass is 16.6. The fraction of sp³-hybridized carbons (Fsp3) is 0.615. The molecular weight excluding hydrogens is 246 g/mol. The van der Waals surface area contributed by atoms with Crippen LogP contribution in [0.5, 0.6) is 0 Å². The van der Waals surface area contributed by atoms with E-state index in [0.717, 1.165) is 0 Å². The van der Waals surface area contributed by atoms with E-state index < -0.39 is 11.7 Å². The minimum atomic E-state index is -0.549. The van der Waals surface area contributed by atoms with Gasteiger partial charge in [0.1, 0.15) is 11.4 Å². The van der Waals surface area contributed by atoms with Crippen molar-refractivity contribution in [2.75, 3.05) is 11.4 Å². The van der Waals surface area contributed by atoms with Crippen molar-refractivity contribution in [2.24, 2.45) is 0 Å². The lowest BCUT2D eigenvalue weighted by Crippen LogP contribution is -2.36. The van der Waals surface area contributed by atoms with Crippen LogP contribution in [0.15, 0.2) is 10.9 Å². The van der Waals surface area contributed by atoms with Crippen LogP contribution in [0.2, 0.25) is 0 Å². The molecule has 1 aliphatic rings. The summed E-state index contributed by atoms with van der Waals surface area (Å²) in [5.74, 6) is 0.557. The first-order valence-electron chi connectivity index (χ1n) is 5.87. The molecule has 0 spiro atoms. The molecular formula is C13H21N3O3. The average molecular weight is 267 g/mol. The maximum absolute atomic E-state index is 12.0. The van der Waals surface area contributed by atoms with E-state index in [1.165, 1.54) is 9.47 Å². The molecule has 0 aliphatic carbocycles. The standard InChI is InChI=1S/C12H17N3O3.CH4/c1-8-7-9-14(10(16)13-8)5-6-15(9)11(17)18-12(2,3)4;/h7H,5-6H2,1-4H3;1H4. The lowest BCUT2D eigenvalue weighted by molar-refractivity contribution is 0.0584. The highest BCUT2D eigenvalue weighted by Gasteiger charge is 2.29. The van der Waals surface area contributed by atoms with Gasteiger partial charge in [0.25, 0.3) is 0 Å². The molecule has 0 aromatic carbocycles. The lowest BCUT2D eigenvalue weighted by Gasteiger charge is -2.24. The van der Waals surface area contributed by atoms with E-state index >= 15 is 0 Å². The van der Waals surface area contributed by atoms with Crippen molar-refractivity contribution in [1.29, 1.82) is 0 Å². The van der Waals surface area contributed by atoms with Gasteiger partial charge >= 0.3 is 11.8 Å². The summed E-state index contributed by atoms with van der Waals surface area (Å²) in [4.78, 5) is 29.0. The molecule has 106 valence electrons. The second-order valence-corrected chi connectivity index (χ2v) is 5.32. The zero-order valence-corrected chi connectivity index (χ0v) is 11.1. The fourth-order valence-electron chi connectivity index (χ4n) is 1.86. The molecule has 0 N–H and O–H groups in total. The highest BCUT2D eigenvalue weighted by Crippen LogP contribution is 2.22. The van der Waals surface area contributed by atoms with Gasteiger partial charge in [-0.25, -0.2) is 9.59 Å². The molecule has 0 atom stereocenters. The van der Waals surface area contributed by atoms with Crippen LogP contribution in [-0.2, 0) is 11.3 Å². The molecule has 2 rings (SSSR count). The van der Waals surface area contributed by atoms with Crippen LogP contribution in [0, 0.1) is 6.92 Å². The van der Waals surface area contributed by atoms with Gasteiger partial charge in [-0.15, -0.1) is 0 Å². The normalized spacial score (nSPS) is 13.8. The Balaban J connectivity index is 0.00000180. The van der Waals surface area contributed by atoms with Crippen molar-refractivity contribution in [3.8, 4) is 0 Å². The SMILES string of the molecule is C.Cc1cc2n(c(=O)n1)CCN2C(=O)OC(C)(C)C. The van der Waals surface area contributed by atoms with Gasteiger partial charge < -0.3 is 4.74 Å². The first-order chi connectivity index (χ1) is 8.28. The lowest BCUT2D eigenvalue weighted by atomic mass is 10.2.